The van der Waals surface area contributed by atoms with Crippen molar-refractivity contribution in [1.82, 2.24) is 10.3 Å². The summed E-state index contributed by atoms with van der Waals surface area (Å²) in [6.45, 7) is 2.14. The number of hydrogen-bond acceptors (Lipinski definition) is 2. The summed E-state index contributed by atoms with van der Waals surface area (Å²) in [6.07, 6.45) is 3.46. The third kappa shape index (κ3) is 1.70. The maximum absolute atomic E-state index is 5.39. The summed E-state index contributed by atoms with van der Waals surface area (Å²) in [5.41, 5.74) is 5.42. The minimum atomic E-state index is 0.600. The summed E-state index contributed by atoms with van der Waals surface area (Å²) in [5.74, 6) is 0.952. The van der Waals surface area contributed by atoms with Crippen LogP contribution >= 0.6 is 0 Å². The highest BCUT2D eigenvalue weighted by molar-refractivity contribution is 5.89. The molecule has 0 bridgehead atoms. The molecule has 0 spiro atoms. The Labute approximate surface area is 108 Å². The number of fused-ring (bicyclic) bond motifs is 3. The Morgan fingerprint density at radius 3 is 2.94 bits per heavy atom. The highest BCUT2D eigenvalue weighted by atomic mass is 16.5. The van der Waals surface area contributed by atoms with Crippen LogP contribution in [0, 0.1) is 6.92 Å². The van der Waals surface area contributed by atoms with Gasteiger partial charge in [0.05, 0.1) is 7.11 Å². The van der Waals surface area contributed by atoms with E-state index in [1.807, 2.05) is 0 Å². The summed E-state index contributed by atoms with van der Waals surface area (Å²) < 4.78 is 5.39. The van der Waals surface area contributed by atoms with E-state index in [4.69, 9.17) is 4.74 Å². The largest absolute Gasteiger partial charge is 0.497 e. The van der Waals surface area contributed by atoms with E-state index in [1.54, 1.807) is 7.11 Å². The molecule has 0 fully saturated rings. The van der Waals surface area contributed by atoms with Crippen LogP contribution in [0.4, 0.5) is 0 Å². The molecule has 96 valence electrons. The molecule has 0 saturated carbocycles. The average Bonchev–Trinajstić information content (AvgIpc) is 2.77. The number of nitrogens with one attached hydrogen (secondary N) is 2. The molecule has 1 aromatic heterocycles. The standard InChI is InChI=1S/C15H20N2O/c1-9-6-11(18-3)8-13-12-7-10(16-2)4-5-14(12)17-15(9)13/h6,8,10,16-17H,4-5,7H2,1-3H3. The van der Waals surface area contributed by atoms with Crippen LogP contribution in [0.5, 0.6) is 5.75 Å². The van der Waals surface area contributed by atoms with Gasteiger partial charge >= 0.3 is 0 Å². The second-order valence-electron chi connectivity index (χ2n) is 5.18. The molecule has 2 N–H and O–H groups in total. The molecule has 0 amide bonds. The van der Waals surface area contributed by atoms with Gasteiger partial charge in [-0.25, -0.2) is 0 Å². The molecule has 0 aliphatic heterocycles. The number of benzene rings is 1. The van der Waals surface area contributed by atoms with Crippen LogP contribution in [0.3, 0.4) is 0 Å². The molecule has 1 heterocycles. The van der Waals surface area contributed by atoms with Crippen molar-refractivity contribution in [1.29, 1.82) is 0 Å². The van der Waals surface area contributed by atoms with Gasteiger partial charge in [-0.3, -0.25) is 0 Å². The van der Waals surface area contributed by atoms with Crippen molar-refractivity contribution in [2.75, 3.05) is 14.2 Å². The normalized spacial score (nSPS) is 18.9. The van der Waals surface area contributed by atoms with Crippen molar-refractivity contribution in [3.8, 4) is 5.75 Å². The molecule has 3 rings (SSSR count). The van der Waals surface area contributed by atoms with E-state index in [9.17, 15) is 0 Å². The predicted octanol–water partition coefficient (Wildman–Crippen LogP) is 2.56. The summed E-state index contributed by atoms with van der Waals surface area (Å²) in [7, 11) is 3.78. The molecule has 0 saturated heterocycles. The fraction of sp³-hybridized carbons (Fsp3) is 0.467. The summed E-state index contributed by atoms with van der Waals surface area (Å²) >= 11 is 0. The summed E-state index contributed by atoms with van der Waals surface area (Å²) in [6, 6.07) is 4.86. The first-order chi connectivity index (χ1) is 8.72. The molecule has 1 aliphatic carbocycles. The Hall–Kier alpha value is -1.48. The number of hydrogen-bond donors (Lipinski definition) is 2. The predicted molar refractivity (Wildman–Crippen MR) is 74.5 cm³/mol. The van der Waals surface area contributed by atoms with Crippen LogP contribution in [0.1, 0.15) is 23.2 Å². The van der Waals surface area contributed by atoms with Gasteiger partial charge in [0.25, 0.3) is 0 Å². The first kappa shape index (κ1) is 11.6. The van der Waals surface area contributed by atoms with Crippen molar-refractivity contribution < 1.29 is 4.74 Å². The minimum absolute atomic E-state index is 0.600. The zero-order chi connectivity index (χ0) is 12.7. The van der Waals surface area contributed by atoms with Gasteiger partial charge in [0.1, 0.15) is 5.75 Å². The lowest BCUT2D eigenvalue weighted by Crippen LogP contribution is -2.31. The molecule has 1 atom stereocenters. The number of methoxy groups -OCH3 is 1. The maximum Gasteiger partial charge on any atom is 0.119 e. The highest BCUT2D eigenvalue weighted by Crippen LogP contribution is 2.33. The number of aromatic amines is 1. The fourth-order valence-electron chi connectivity index (χ4n) is 3.02. The summed E-state index contributed by atoms with van der Waals surface area (Å²) in [4.78, 5) is 3.60. The van der Waals surface area contributed by atoms with Crippen LogP contribution < -0.4 is 10.1 Å². The molecule has 1 aromatic carbocycles. The molecule has 1 unspecified atom stereocenters. The number of rotatable bonds is 2. The van der Waals surface area contributed by atoms with Crippen LogP contribution in [-0.2, 0) is 12.8 Å². The van der Waals surface area contributed by atoms with Gasteiger partial charge in [-0.15, -0.1) is 0 Å². The topological polar surface area (TPSA) is 37.0 Å². The Kier molecular flexibility index (Phi) is 2.78. The van der Waals surface area contributed by atoms with Gasteiger partial charge in [0, 0.05) is 22.6 Å². The van der Waals surface area contributed by atoms with E-state index < -0.39 is 0 Å². The van der Waals surface area contributed by atoms with Crippen molar-refractivity contribution in [2.45, 2.75) is 32.2 Å². The van der Waals surface area contributed by atoms with Crippen molar-refractivity contribution in [3.05, 3.63) is 29.0 Å². The van der Waals surface area contributed by atoms with Crippen LogP contribution in [0.25, 0.3) is 10.9 Å². The second-order valence-corrected chi connectivity index (χ2v) is 5.18. The zero-order valence-electron chi connectivity index (χ0n) is 11.3. The number of aryl methyl sites for hydroxylation is 2. The van der Waals surface area contributed by atoms with E-state index in [2.05, 4.69) is 36.4 Å². The van der Waals surface area contributed by atoms with Crippen molar-refractivity contribution in [2.24, 2.45) is 0 Å². The van der Waals surface area contributed by atoms with E-state index in [-0.39, 0.29) is 0 Å². The van der Waals surface area contributed by atoms with Crippen LogP contribution in [0.2, 0.25) is 0 Å². The zero-order valence-corrected chi connectivity index (χ0v) is 11.3. The Morgan fingerprint density at radius 1 is 1.39 bits per heavy atom. The van der Waals surface area contributed by atoms with Crippen LogP contribution in [-0.4, -0.2) is 25.2 Å². The maximum atomic E-state index is 5.39. The number of likely N-dealkylation sites (N-methyl/N-ethyl adjacent to an activating group) is 1. The van der Waals surface area contributed by atoms with Crippen LogP contribution in [0.15, 0.2) is 12.1 Å². The Balaban J connectivity index is 2.18. The molecular weight excluding hydrogens is 224 g/mol. The van der Waals surface area contributed by atoms with Gasteiger partial charge in [0.15, 0.2) is 0 Å². The van der Waals surface area contributed by atoms with Crippen molar-refractivity contribution in [3.63, 3.8) is 0 Å². The lowest BCUT2D eigenvalue weighted by atomic mass is 9.91. The molecule has 1 aliphatic rings. The SMILES string of the molecule is CNC1CCc2[nH]c3c(C)cc(OC)cc3c2C1. The number of aromatic nitrogens is 1. The average molecular weight is 244 g/mol. The van der Waals surface area contributed by atoms with E-state index in [0.29, 0.717) is 6.04 Å². The molecule has 0 radical (unpaired) electrons. The Bertz CT molecular complexity index is 586. The van der Waals surface area contributed by atoms with E-state index in [1.165, 1.54) is 34.1 Å². The minimum Gasteiger partial charge on any atom is -0.497 e. The number of H-pyrrole nitrogens is 1. The highest BCUT2D eigenvalue weighted by Gasteiger charge is 2.22. The summed E-state index contributed by atoms with van der Waals surface area (Å²) in [5, 5.41) is 4.73. The monoisotopic (exact) mass is 244 g/mol. The smallest absolute Gasteiger partial charge is 0.119 e. The van der Waals surface area contributed by atoms with Gasteiger partial charge in [-0.05, 0) is 56.5 Å². The fourth-order valence-corrected chi connectivity index (χ4v) is 3.02. The molecule has 3 heteroatoms. The van der Waals surface area contributed by atoms with E-state index >= 15 is 0 Å². The third-order valence-corrected chi connectivity index (χ3v) is 4.11. The molecule has 18 heavy (non-hydrogen) atoms. The van der Waals surface area contributed by atoms with Crippen molar-refractivity contribution >= 4 is 10.9 Å². The van der Waals surface area contributed by atoms with Gasteiger partial charge in [-0.2, -0.15) is 0 Å². The molecular formula is C15H20N2O. The van der Waals surface area contributed by atoms with Gasteiger partial charge in [0.2, 0.25) is 0 Å². The quantitative estimate of drug-likeness (QED) is 0.852. The lowest BCUT2D eigenvalue weighted by Gasteiger charge is -2.21. The molecule has 3 nitrogen and oxygen atoms in total. The third-order valence-electron chi connectivity index (χ3n) is 4.11. The number of ether oxygens (including phenoxy) is 1. The first-order valence-electron chi connectivity index (χ1n) is 6.58. The second kappa shape index (κ2) is 4.32. The van der Waals surface area contributed by atoms with E-state index in [0.717, 1.165) is 18.6 Å². The lowest BCUT2D eigenvalue weighted by molar-refractivity contribution is 0.415. The van der Waals surface area contributed by atoms with Gasteiger partial charge < -0.3 is 15.0 Å². The molecule has 2 aromatic rings. The van der Waals surface area contributed by atoms with Gasteiger partial charge in [-0.1, -0.05) is 0 Å². The Morgan fingerprint density at radius 2 is 2.22 bits per heavy atom. The first-order valence-corrected chi connectivity index (χ1v) is 6.58.